The van der Waals surface area contributed by atoms with Crippen LogP contribution in [0, 0.1) is 11.3 Å². The van der Waals surface area contributed by atoms with Crippen LogP contribution in [-0.2, 0) is 13.6 Å². The highest BCUT2D eigenvalue weighted by molar-refractivity contribution is 5.66. The molecule has 5 heteroatoms. The molecule has 0 aliphatic heterocycles. The van der Waals surface area contributed by atoms with Gasteiger partial charge in [-0.2, -0.15) is 10.4 Å². The predicted octanol–water partition coefficient (Wildman–Crippen LogP) is 1.35. The zero-order valence-corrected chi connectivity index (χ0v) is 11.9. The van der Waals surface area contributed by atoms with Crippen molar-refractivity contribution in [2.45, 2.75) is 6.54 Å². The molecule has 0 radical (unpaired) electrons. The molecule has 0 aliphatic carbocycles. The molecule has 20 heavy (non-hydrogen) atoms. The highest BCUT2D eigenvalue weighted by Gasteiger charge is 2.11. The number of likely N-dealkylation sites (N-methyl/N-ethyl adjacent to an activating group) is 1. The van der Waals surface area contributed by atoms with Crippen molar-refractivity contribution in [2.24, 2.45) is 12.8 Å². The quantitative estimate of drug-likeness (QED) is 0.889. The largest absolute Gasteiger partial charge is 0.329 e. The maximum atomic E-state index is 8.85. The standard InChI is InChI=1S/C15H19N5/c1-19(8-7-16)11-15-14(10-20(2)18-15)13-5-3-12(9-17)4-6-13/h3-6,10H,7-8,11,16H2,1-2H3. The molecule has 2 rings (SSSR count). The van der Waals surface area contributed by atoms with Gasteiger partial charge in [0, 0.05) is 38.4 Å². The average molecular weight is 269 g/mol. The first-order valence-corrected chi connectivity index (χ1v) is 6.55. The van der Waals surface area contributed by atoms with Crippen molar-refractivity contribution in [3.8, 4) is 17.2 Å². The van der Waals surface area contributed by atoms with Gasteiger partial charge in [-0.25, -0.2) is 0 Å². The molecule has 1 aromatic heterocycles. The summed E-state index contributed by atoms with van der Waals surface area (Å²) in [6, 6.07) is 9.71. The Morgan fingerprint density at radius 1 is 1.35 bits per heavy atom. The van der Waals surface area contributed by atoms with Crippen LogP contribution in [0.4, 0.5) is 0 Å². The van der Waals surface area contributed by atoms with Crippen LogP contribution in [0.15, 0.2) is 30.5 Å². The van der Waals surface area contributed by atoms with Crippen molar-refractivity contribution in [1.82, 2.24) is 14.7 Å². The lowest BCUT2D eigenvalue weighted by atomic mass is 10.0. The molecule has 0 fully saturated rings. The maximum absolute atomic E-state index is 8.85. The van der Waals surface area contributed by atoms with E-state index in [0.717, 1.165) is 29.9 Å². The zero-order chi connectivity index (χ0) is 14.5. The monoisotopic (exact) mass is 269 g/mol. The third kappa shape index (κ3) is 3.23. The lowest BCUT2D eigenvalue weighted by Gasteiger charge is -2.14. The molecular formula is C15H19N5. The molecule has 0 saturated carbocycles. The Labute approximate surface area is 119 Å². The Kier molecular flexibility index (Phi) is 4.51. The van der Waals surface area contributed by atoms with Gasteiger partial charge in [0.15, 0.2) is 0 Å². The van der Waals surface area contributed by atoms with Gasteiger partial charge in [-0.15, -0.1) is 0 Å². The number of aromatic nitrogens is 2. The van der Waals surface area contributed by atoms with E-state index in [1.165, 1.54) is 0 Å². The predicted molar refractivity (Wildman–Crippen MR) is 78.7 cm³/mol. The van der Waals surface area contributed by atoms with Crippen LogP contribution in [0.2, 0.25) is 0 Å². The number of aryl methyl sites for hydroxylation is 1. The lowest BCUT2D eigenvalue weighted by molar-refractivity contribution is 0.331. The molecule has 2 N–H and O–H groups in total. The zero-order valence-electron chi connectivity index (χ0n) is 11.9. The molecule has 1 aromatic carbocycles. The molecule has 0 amide bonds. The van der Waals surface area contributed by atoms with E-state index in [1.807, 2.05) is 49.2 Å². The van der Waals surface area contributed by atoms with Gasteiger partial charge in [-0.3, -0.25) is 9.58 Å². The minimum atomic E-state index is 0.634. The smallest absolute Gasteiger partial charge is 0.0991 e. The first-order chi connectivity index (χ1) is 9.63. The fraction of sp³-hybridized carbons (Fsp3) is 0.333. The third-order valence-electron chi connectivity index (χ3n) is 3.16. The summed E-state index contributed by atoms with van der Waals surface area (Å²) >= 11 is 0. The third-order valence-corrected chi connectivity index (χ3v) is 3.16. The molecule has 2 aromatic rings. The second kappa shape index (κ2) is 6.33. The number of nitrogens with zero attached hydrogens (tertiary/aromatic N) is 4. The van der Waals surface area contributed by atoms with Crippen molar-refractivity contribution in [3.05, 3.63) is 41.7 Å². The SMILES string of the molecule is CN(CCN)Cc1nn(C)cc1-c1ccc(C#N)cc1. The average Bonchev–Trinajstić information content (AvgIpc) is 2.80. The molecule has 1 heterocycles. The van der Waals surface area contributed by atoms with E-state index in [-0.39, 0.29) is 0 Å². The summed E-state index contributed by atoms with van der Waals surface area (Å²) < 4.78 is 1.82. The van der Waals surface area contributed by atoms with Gasteiger partial charge in [0.25, 0.3) is 0 Å². The first kappa shape index (κ1) is 14.3. The number of rotatable bonds is 5. The molecule has 0 spiro atoms. The molecule has 5 nitrogen and oxygen atoms in total. The second-order valence-corrected chi connectivity index (χ2v) is 4.88. The van der Waals surface area contributed by atoms with Crippen LogP contribution in [0.1, 0.15) is 11.3 Å². The summed E-state index contributed by atoms with van der Waals surface area (Å²) in [4.78, 5) is 2.15. The van der Waals surface area contributed by atoms with Crippen LogP contribution < -0.4 is 5.73 Å². The summed E-state index contributed by atoms with van der Waals surface area (Å²) in [7, 11) is 3.95. The van der Waals surface area contributed by atoms with Gasteiger partial charge >= 0.3 is 0 Å². The van der Waals surface area contributed by atoms with Crippen molar-refractivity contribution in [1.29, 1.82) is 5.26 Å². The van der Waals surface area contributed by atoms with E-state index in [2.05, 4.69) is 16.1 Å². The Hall–Kier alpha value is -2.16. The van der Waals surface area contributed by atoms with Crippen LogP contribution in [0.3, 0.4) is 0 Å². The van der Waals surface area contributed by atoms with Gasteiger partial charge < -0.3 is 5.73 Å². The number of hydrogen-bond acceptors (Lipinski definition) is 4. The maximum Gasteiger partial charge on any atom is 0.0991 e. The number of nitriles is 1. The Bertz CT molecular complexity index is 606. The lowest BCUT2D eigenvalue weighted by Crippen LogP contribution is -2.25. The minimum Gasteiger partial charge on any atom is -0.329 e. The van der Waals surface area contributed by atoms with Crippen molar-refractivity contribution in [3.63, 3.8) is 0 Å². The van der Waals surface area contributed by atoms with Gasteiger partial charge in [-0.1, -0.05) is 12.1 Å². The normalized spacial score (nSPS) is 10.8. The Balaban J connectivity index is 2.29. The minimum absolute atomic E-state index is 0.634. The fourth-order valence-electron chi connectivity index (χ4n) is 2.17. The molecule has 0 aliphatic rings. The second-order valence-electron chi connectivity index (χ2n) is 4.88. The number of benzene rings is 1. The van der Waals surface area contributed by atoms with Crippen LogP contribution in [0.5, 0.6) is 0 Å². The van der Waals surface area contributed by atoms with E-state index in [1.54, 1.807) is 0 Å². The molecule has 0 unspecified atom stereocenters. The van der Waals surface area contributed by atoms with Crippen molar-refractivity contribution < 1.29 is 0 Å². The summed E-state index contributed by atoms with van der Waals surface area (Å²) in [5, 5.41) is 13.4. The topological polar surface area (TPSA) is 70.9 Å². The summed E-state index contributed by atoms with van der Waals surface area (Å²) in [6.45, 7) is 2.23. The Morgan fingerprint density at radius 2 is 2.05 bits per heavy atom. The van der Waals surface area contributed by atoms with Crippen molar-refractivity contribution >= 4 is 0 Å². The fourth-order valence-corrected chi connectivity index (χ4v) is 2.17. The van der Waals surface area contributed by atoms with Crippen LogP contribution in [-0.4, -0.2) is 34.8 Å². The van der Waals surface area contributed by atoms with Crippen LogP contribution in [0.25, 0.3) is 11.1 Å². The van der Waals surface area contributed by atoms with Gasteiger partial charge in [-0.05, 0) is 24.7 Å². The molecule has 0 atom stereocenters. The van der Waals surface area contributed by atoms with Gasteiger partial charge in [0.05, 0.1) is 17.3 Å². The van der Waals surface area contributed by atoms with E-state index >= 15 is 0 Å². The number of nitrogens with two attached hydrogens (primary N) is 1. The molecule has 0 saturated heterocycles. The highest BCUT2D eigenvalue weighted by Crippen LogP contribution is 2.24. The summed E-state index contributed by atoms with van der Waals surface area (Å²) in [5.74, 6) is 0. The van der Waals surface area contributed by atoms with Gasteiger partial charge in [0.1, 0.15) is 0 Å². The number of hydrogen-bond donors (Lipinski definition) is 1. The molecule has 104 valence electrons. The van der Waals surface area contributed by atoms with E-state index in [0.29, 0.717) is 12.1 Å². The first-order valence-electron chi connectivity index (χ1n) is 6.55. The summed E-state index contributed by atoms with van der Waals surface area (Å²) in [5.41, 5.74) is 9.43. The summed E-state index contributed by atoms with van der Waals surface area (Å²) in [6.07, 6.45) is 2.01. The van der Waals surface area contributed by atoms with Crippen LogP contribution >= 0.6 is 0 Å². The van der Waals surface area contributed by atoms with E-state index in [9.17, 15) is 0 Å². The van der Waals surface area contributed by atoms with Gasteiger partial charge in [0.2, 0.25) is 0 Å². The molecule has 0 bridgehead atoms. The molecular weight excluding hydrogens is 250 g/mol. The highest BCUT2D eigenvalue weighted by atomic mass is 15.3. The van der Waals surface area contributed by atoms with E-state index in [4.69, 9.17) is 11.0 Å². The Morgan fingerprint density at radius 3 is 2.65 bits per heavy atom. The van der Waals surface area contributed by atoms with E-state index < -0.39 is 0 Å². The van der Waals surface area contributed by atoms with Crippen molar-refractivity contribution in [2.75, 3.05) is 20.1 Å².